The minimum absolute atomic E-state index is 1.07. The molecule has 2 heteroatoms. The molecule has 0 spiro atoms. The van der Waals surface area contributed by atoms with Crippen LogP contribution in [0.5, 0.6) is 0 Å². The number of nitrogens with zero attached hydrogens (tertiary/aromatic N) is 2. The van der Waals surface area contributed by atoms with E-state index in [0.717, 1.165) is 39.4 Å². The van der Waals surface area contributed by atoms with Gasteiger partial charge in [-0.15, -0.1) is 0 Å². The first-order valence-corrected chi connectivity index (χ1v) is 21.3. The first kappa shape index (κ1) is 36.8. The summed E-state index contributed by atoms with van der Waals surface area (Å²) in [5, 5.41) is 2.50. The second-order valence-electron chi connectivity index (χ2n) is 15.7. The molecule has 0 N–H and O–H groups in total. The van der Waals surface area contributed by atoms with Gasteiger partial charge in [0.15, 0.2) is 0 Å². The lowest BCUT2D eigenvalue weighted by Gasteiger charge is -2.29. The molecule has 0 radical (unpaired) electrons. The van der Waals surface area contributed by atoms with Crippen LogP contribution in [0.3, 0.4) is 0 Å². The Hall–Kier alpha value is -8.20. The lowest BCUT2D eigenvalue weighted by atomic mass is 9.92. The van der Waals surface area contributed by atoms with Crippen molar-refractivity contribution in [2.75, 3.05) is 4.90 Å². The molecule has 1 aromatic heterocycles. The molecule has 0 atom stereocenters. The fourth-order valence-electron chi connectivity index (χ4n) is 9.10. The van der Waals surface area contributed by atoms with Crippen molar-refractivity contribution < 1.29 is 0 Å². The normalized spacial score (nSPS) is 11.2. The zero-order chi connectivity index (χ0) is 41.2. The second-order valence-corrected chi connectivity index (χ2v) is 15.7. The van der Waals surface area contributed by atoms with E-state index in [4.69, 9.17) is 0 Å². The number of fused-ring (bicyclic) bond motifs is 3. The number of para-hydroxylation sites is 2. The Morgan fingerprint density at radius 2 is 0.694 bits per heavy atom. The Labute approximate surface area is 362 Å². The van der Waals surface area contributed by atoms with Crippen LogP contribution in [0.15, 0.2) is 255 Å². The van der Waals surface area contributed by atoms with Crippen molar-refractivity contribution in [3.8, 4) is 61.3 Å². The molecule has 2 nitrogen and oxygen atoms in total. The molecule has 0 aliphatic carbocycles. The van der Waals surface area contributed by atoms with Gasteiger partial charge in [0.2, 0.25) is 0 Å². The van der Waals surface area contributed by atoms with Gasteiger partial charge in [-0.1, -0.05) is 200 Å². The summed E-state index contributed by atoms with van der Waals surface area (Å²) in [6, 6.07) is 92.1. The van der Waals surface area contributed by atoms with Crippen molar-refractivity contribution in [1.29, 1.82) is 0 Å². The average Bonchev–Trinajstić information content (AvgIpc) is 3.70. The molecule has 0 bridgehead atoms. The molecular weight excluding hydrogens is 749 g/mol. The van der Waals surface area contributed by atoms with E-state index >= 15 is 0 Å². The van der Waals surface area contributed by atoms with E-state index in [0.29, 0.717) is 0 Å². The predicted octanol–water partition coefficient (Wildman–Crippen LogP) is 16.6. The minimum atomic E-state index is 1.07. The molecule has 292 valence electrons. The number of hydrogen-bond donors (Lipinski definition) is 0. The van der Waals surface area contributed by atoms with Crippen LogP contribution >= 0.6 is 0 Å². The van der Waals surface area contributed by atoms with Gasteiger partial charge in [0.05, 0.1) is 22.4 Å². The van der Waals surface area contributed by atoms with Crippen LogP contribution < -0.4 is 4.90 Å². The Morgan fingerprint density at radius 1 is 0.274 bits per heavy atom. The van der Waals surface area contributed by atoms with Gasteiger partial charge < -0.3 is 9.47 Å². The van der Waals surface area contributed by atoms with E-state index in [9.17, 15) is 0 Å². The highest BCUT2D eigenvalue weighted by atomic mass is 15.1. The maximum atomic E-state index is 2.44. The summed E-state index contributed by atoms with van der Waals surface area (Å²) in [5.41, 5.74) is 18.6. The predicted molar refractivity (Wildman–Crippen MR) is 263 cm³/mol. The van der Waals surface area contributed by atoms with Crippen LogP contribution in [-0.2, 0) is 0 Å². The third kappa shape index (κ3) is 6.74. The average molecular weight is 791 g/mol. The summed E-state index contributed by atoms with van der Waals surface area (Å²) in [6.45, 7) is 0. The third-order valence-electron chi connectivity index (χ3n) is 12.0. The monoisotopic (exact) mass is 790 g/mol. The SMILES string of the molecule is c1ccc(-c2ccc(N(c3ccc(-c4cccc(-n5c6ccccc6c6ccccc65)c4-c4ccccc4)cc3)c3ccc(-c4ccccc4)cc3-c3ccccc3)cc2)cc1. The van der Waals surface area contributed by atoms with E-state index in [-0.39, 0.29) is 0 Å². The number of aromatic nitrogens is 1. The van der Waals surface area contributed by atoms with Crippen molar-refractivity contribution in [3.63, 3.8) is 0 Å². The summed E-state index contributed by atoms with van der Waals surface area (Å²) < 4.78 is 2.44. The highest BCUT2D eigenvalue weighted by Gasteiger charge is 2.21. The Balaban J connectivity index is 1.09. The molecule has 0 fully saturated rings. The van der Waals surface area contributed by atoms with Gasteiger partial charge >= 0.3 is 0 Å². The number of benzene rings is 10. The molecule has 62 heavy (non-hydrogen) atoms. The van der Waals surface area contributed by atoms with Crippen LogP contribution in [0.4, 0.5) is 17.1 Å². The lowest BCUT2D eigenvalue weighted by molar-refractivity contribution is 1.18. The van der Waals surface area contributed by atoms with Gasteiger partial charge in [-0.05, 0) is 99.1 Å². The topological polar surface area (TPSA) is 8.17 Å². The molecule has 0 aliphatic heterocycles. The molecule has 0 amide bonds. The van der Waals surface area contributed by atoms with Gasteiger partial charge in [-0.2, -0.15) is 0 Å². The van der Waals surface area contributed by atoms with E-state index in [1.807, 2.05) is 0 Å². The summed E-state index contributed by atoms with van der Waals surface area (Å²) >= 11 is 0. The van der Waals surface area contributed by atoms with Crippen LogP contribution in [0, 0.1) is 0 Å². The molecule has 1 heterocycles. The summed E-state index contributed by atoms with van der Waals surface area (Å²) in [4.78, 5) is 2.41. The van der Waals surface area contributed by atoms with Crippen molar-refractivity contribution in [2.24, 2.45) is 0 Å². The quantitative estimate of drug-likeness (QED) is 0.141. The summed E-state index contributed by atoms with van der Waals surface area (Å²) in [6.07, 6.45) is 0. The van der Waals surface area contributed by atoms with Crippen LogP contribution in [0.2, 0.25) is 0 Å². The first-order valence-electron chi connectivity index (χ1n) is 21.3. The van der Waals surface area contributed by atoms with Gasteiger partial charge in [-0.25, -0.2) is 0 Å². The zero-order valence-corrected chi connectivity index (χ0v) is 34.1. The van der Waals surface area contributed by atoms with Crippen LogP contribution in [-0.4, -0.2) is 4.57 Å². The highest BCUT2D eigenvalue weighted by Crippen LogP contribution is 2.45. The van der Waals surface area contributed by atoms with E-state index < -0.39 is 0 Å². The van der Waals surface area contributed by atoms with Crippen molar-refractivity contribution in [3.05, 3.63) is 255 Å². The number of hydrogen-bond acceptors (Lipinski definition) is 1. The molecule has 11 aromatic rings. The maximum absolute atomic E-state index is 2.44. The first-order chi connectivity index (χ1) is 30.8. The second kappa shape index (κ2) is 16.1. The van der Waals surface area contributed by atoms with Crippen molar-refractivity contribution >= 4 is 38.9 Å². The summed E-state index contributed by atoms with van der Waals surface area (Å²) in [5.74, 6) is 0. The fraction of sp³-hybridized carbons (Fsp3) is 0. The highest BCUT2D eigenvalue weighted by molar-refractivity contribution is 6.10. The summed E-state index contributed by atoms with van der Waals surface area (Å²) in [7, 11) is 0. The number of rotatable bonds is 9. The minimum Gasteiger partial charge on any atom is -0.310 e. The standard InChI is InChI=1S/C60H42N2/c1-5-18-43(19-6-1)45-32-37-50(38-33-45)61(58-41-36-49(44-20-7-2-8-21-44)42-55(58)46-22-9-3-10-23-46)51-39-34-47(35-40-51)52-28-17-31-59(60(52)48-24-11-4-12-25-48)62-56-29-15-13-26-53(56)54-27-14-16-30-57(54)62/h1-42H. The van der Waals surface area contributed by atoms with Crippen molar-refractivity contribution in [1.82, 2.24) is 4.57 Å². The van der Waals surface area contributed by atoms with E-state index in [2.05, 4.69) is 264 Å². The molecule has 0 saturated carbocycles. The largest absolute Gasteiger partial charge is 0.310 e. The van der Waals surface area contributed by atoms with Gasteiger partial charge in [0.25, 0.3) is 0 Å². The third-order valence-corrected chi connectivity index (χ3v) is 12.0. The molecule has 0 aliphatic rings. The Bertz CT molecular complexity index is 3240. The Morgan fingerprint density at radius 3 is 1.26 bits per heavy atom. The van der Waals surface area contributed by atoms with Crippen LogP contribution in [0.1, 0.15) is 0 Å². The maximum Gasteiger partial charge on any atom is 0.0546 e. The molecule has 11 rings (SSSR count). The fourth-order valence-corrected chi connectivity index (χ4v) is 9.10. The molecular formula is C60H42N2. The molecule has 0 saturated heterocycles. The molecule has 10 aromatic carbocycles. The van der Waals surface area contributed by atoms with E-state index in [1.54, 1.807) is 0 Å². The zero-order valence-electron chi connectivity index (χ0n) is 34.1. The molecule has 0 unspecified atom stereocenters. The van der Waals surface area contributed by atoms with Gasteiger partial charge in [-0.3, -0.25) is 0 Å². The smallest absolute Gasteiger partial charge is 0.0546 e. The Kier molecular flexibility index (Phi) is 9.57. The van der Waals surface area contributed by atoms with E-state index in [1.165, 1.54) is 60.8 Å². The number of anilines is 3. The van der Waals surface area contributed by atoms with Crippen LogP contribution in [0.25, 0.3) is 83.1 Å². The lowest BCUT2D eigenvalue weighted by Crippen LogP contribution is -2.11. The van der Waals surface area contributed by atoms with Gasteiger partial charge in [0, 0.05) is 33.3 Å². The van der Waals surface area contributed by atoms with Crippen molar-refractivity contribution in [2.45, 2.75) is 0 Å². The van der Waals surface area contributed by atoms with Gasteiger partial charge in [0.1, 0.15) is 0 Å².